The highest BCUT2D eigenvalue weighted by molar-refractivity contribution is 8.06. The van der Waals surface area contributed by atoms with Gasteiger partial charge in [-0.25, -0.2) is 0 Å². The Balaban J connectivity index is 4.34. The van der Waals surface area contributed by atoms with Gasteiger partial charge in [-0.1, -0.05) is 24.9 Å². The van der Waals surface area contributed by atoms with Crippen molar-refractivity contribution in [2.24, 2.45) is 0 Å². The number of allylic oxidation sites excluding steroid dienone is 2. The number of thioether (sulfide) groups is 1. The summed E-state index contributed by atoms with van der Waals surface area (Å²) in [5, 5.41) is 0. The molecule has 0 aliphatic heterocycles. The van der Waals surface area contributed by atoms with Gasteiger partial charge in [-0.3, -0.25) is 0 Å². The number of alkyl halides is 6. The summed E-state index contributed by atoms with van der Waals surface area (Å²) in [6, 6.07) is 0. The molecule has 0 rings (SSSR count). The van der Waals surface area contributed by atoms with Crippen LogP contribution < -0.4 is 0 Å². The van der Waals surface area contributed by atoms with Gasteiger partial charge in [0.15, 0.2) is 0 Å². The molecule has 0 aromatic carbocycles. The fourth-order valence-corrected chi connectivity index (χ4v) is 0.793. The van der Waals surface area contributed by atoms with Gasteiger partial charge >= 0.3 is 12.4 Å². The van der Waals surface area contributed by atoms with Crippen LogP contribution in [0.3, 0.4) is 0 Å². The zero-order chi connectivity index (χ0) is 10.9. The van der Waals surface area contributed by atoms with Crippen molar-refractivity contribution in [1.82, 2.24) is 0 Å². The first-order chi connectivity index (χ1) is 5.55. The first-order valence-electron chi connectivity index (χ1n) is 2.75. The van der Waals surface area contributed by atoms with Gasteiger partial charge in [0.05, 0.1) is 9.81 Å². The summed E-state index contributed by atoms with van der Waals surface area (Å²) < 4.78 is 70.0. The van der Waals surface area contributed by atoms with Crippen LogP contribution in [0.2, 0.25) is 0 Å². The van der Waals surface area contributed by atoms with E-state index in [1.165, 1.54) is 0 Å². The minimum atomic E-state index is -4.83. The Morgan fingerprint density at radius 2 is 1.00 bits per heavy atom. The van der Waals surface area contributed by atoms with Crippen LogP contribution in [-0.2, 0) is 0 Å². The maximum absolute atomic E-state index is 11.7. The van der Waals surface area contributed by atoms with Crippen molar-refractivity contribution in [3.8, 4) is 0 Å². The van der Waals surface area contributed by atoms with E-state index in [-0.39, 0.29) is 0 Å². The molecule has 0 aromatic heterocycles. The maximum atomic E-state index is 11.7. The molecule has 0 aromatic rings. The third-order valence-corrected chi connectivity index (χ3v) is 1.83. The molecule has 0 fully saturated rings. The summed E-state index contributed by atoms with van der Waals surface area (Å²) >= 11 is -0.525. The van der Waals surface area contributed by atoms with E-state index in [0.29, 0.717) is 0 Å². The quantitative estimate of drug-likeness (QED) is 0.639. The summed E-state index contributed by atoms with van der Waals surface area (Å²) in [6.07, 6.45) is -9.67. The molecule has 0 heterocycles. The predicted molar refractivity (Wildman–Crippen MR) is 38.0 cm³/mol. The molecule has 7 heteroatoms. The van der Waals surface area contributed by atoms with E-state index >= 15 is 0 Å². The molecular formula is C6H4F6S. The van der Waals surface area contributed by atoms with Crippen molar-refractivity contribution in [3.63, 3.8) is 0 Å². The fourth-order valence-electron chi connectivity index (χ4n) is 0.264. The molecule has 0 atom stereocenters. The van der Waals surface area contributed by atoms with Gasteiger partial charge in [0.2, 0.25) is 0 Å². The van der Waals surface area contributed by atoms with Gasteiger partial charge in [-0.05, 0) is 0 Å². The van der Waals surface area contributed by atoms with Gasteiger partial charge in [-0.15, -0.1) is 0 Å². The molecule has 0 spiro atoms. The van der Waals surface area contributed by atoms with E-state index < -0.39 is 33.9 Å². The Labute approximate surface area is 74.3 Å². The van der Waals surface area contributed by atoms with E-state index in [1.54, 1.807) is 0 Å². The lowest BCUT2D eigenvalue weighted by Gasteiger charge is -2.12. The Kier molecular flexibility index (Phi) is 3.48. The van der Waals surface area contributed by atoms with Crippen LogP contribution in [0, 0.1) is 0 Å². The first-order valence-corrected chi connectivity index (χ1v) is 3.57. The minimum absolute atomic E-state index is 0.525. The van der Waals surface area contributed by atoms with Gasteiger partial charge in [0, 0.05) is 0 Å². The normalized spacial score (nSPS) is 12.8. The Morgan fingerprint density at radius 3 is 1.15 bits per heavy atom. The summed E-state index contributed by atoms with van der Waals surface area (Å²) in [4.78, 5) is -3.07. The molecule has 0 nitrogen and oxygen atoms in total. The van der Waals surface area contributed by atoms with E-state index in [2.05, 4.69) is 13.2 Å². The van der Waals surface area contributed by atoms with Crippen LogP contribution in [0.5, 0.6) is 0 Å². The zero-order valence-electron chi connectivity index (χ0n) is 6.09. The topological polar surface area (TPSA) is 0 Å². The van der Waals surface area contributed by atoms with Crippen molar-refractivity contribution >= 4 is 11.8 Å². The molecule has 0 aliphatic rings. The predicted octanol–water partition coefficient (Wildman–Crippen LogP) is 3.87. The summed E-state index contributed by atoms with van der Waals surface area (Å²) in [5.74, 6) is 0. The number of halogens is 6. The second-order valence-corrected chi connectivity index (χ2v) is 3.13. The smallest absolute Gasteiger partial charge is 0.166 e. The van der Waals surface area contributed by atoms with Crippen molar-refractivity contribution in [1.29, 1.82) is 0 Å². The molecule has 0 saturated carbocycles. The van der Waals surface area contributed by atoms with Gasteiger partial charge in [-0.2, -0.15) is 26.3 Å². The Morgan fingerprint density at radius 1 is 0.769 bits per heavy atom. The lowest BCUT2D eigenvalue weighted by atomic mass is 10.6. The van der Waals surface area contributed by atoms with Crippen LogP contribution in [0.25, 0.3) is 0 Å². The molecule has 0 radical (unpaired) electrons. The molecular weight excluding hydrogens is 218 g/mol. The summed E-state index contributed by atoms with van der Waals surface area (Å²) in [6.45, 7) is 4.91. The molecule has 0 N–H and O–H groups in total. The number of rotatable bonds is 2. The average molecular weight is 222 g/mol. The van der Waals surface area contributed by atoms with Crippen molar-refractivity contribution in [2.75, 3.05) is 0 Å². The van der Waals surface area contributed by atoms with Crippen molar-refractivity contribution < 1.29 is 26.3 Å². The van der Waals surface area contributed by atoms with Crippen LogP contribution in [0.15, 0.2) is 23.0 Å². The summed E-state index contributed by atoms with van der Waals surface area (Å²) in [7, 11) is 0. The van der Waals surface area contributed by atoms with Crippen LogP contribution in [-0.4, -0.2) is 12.4 Å². The molecule has 76 valence electrons. The Bertz CT molecular complexity index is 198. The Hall–Kier alpha value is -0.590. The molecule has 0 saturated heterocycles. The molecule has 0 unspecified atom stereocenters. The number of hydrogen-bond acceptors (Lipinski definition) is 1. The second kappa shape index (κ2) is 3.65. The SMILES string of the molecule is C=C(SC(=C)C(F)(F)F)C(F)(F)F. The highest BCUT2D eigenvalue weighted by Crippen LogP contribution is 2.42. The van der Waals surface area contributed by atoms with Crippen LogP contribution in [0.4, 0.5) is 26.3 Å². The van der Waals surface area contributed by atoms with E-state index in [4.69, 9.17) is 0 Å². The zero-order valence-corrected chi connectivity index (χ0v) is 6.91. The van der Waals surface area contributed by atoms with E-state index in [1.807, 2.05) is 0 Å². The van der Waals surface area contributed by atoms with E-state index in [0.717, 1.165) is 0 Å². The second-order valence-electron chi connectivity index (χ2n) is 1.94. The highest BCUT2D eigenvalue weighted by Gasteiger charge is 2.39. The maximum Gasteiger partial charge on any atom is 0.422 e. The molecule has 13 heavy (non-hydrogen) atoms. The van der Waals surface area contributed by atoms with Gasteiger partial charge in [0.1, 0.15) is 0 Å². The molecule has 0 bridgehead atoms. The van der Waals surface area contributed by atoms with Crippen molar-refractivity contribution in [3.05, 3.63) is 23.0 Å². The van der Waals surface area contributed by atoms with Crippen LogP contribution in [0.1, 0.15) is 0 Å². The monoisotopic (exact) mass is 222 g/mol. The summed E-state index contributed by atoms with van der Waals surface area (Å²) in [5.41, 5.74) is 0. The van der Waals surface area contributed by atoms with Crippen LogP contribution >= 0.6 is 11.8 Å². The van der Waals surface area contributed by atoms with E-state index in [9.17, 15) is 26.3 Å². The minimum Gasteiger partial charge on any atom is -0.166 e. The van der Waals surface area contributed by atoms with Gasteiger partial charge < -0.3 is 0 Å². The van der Waals surface area contributed by atoms with Gasteiger partial charge in [0.25, 0.3) is 0 Å². The third kappa shape index (κ3) is 4.25. The van der Waals surface area contributed by atoms with Crippen molar-refractivity contribution in [2.45, 2.75) is 12.4 Å². The highest BCUT2D eigenvalue weighted by atomic mass is 32.2. The lowest BCUT2D eigenvalue weighted by molar-refractivity contribution is -0.0859. The fraction of sp³-hybridized carbons (Fsp3) is 0.333. The number of hydrogen-bond donors (Lipinski definition) is 0. The molecule has 0 aliphatic carbocycles. The largest absolute Gasteiger partial charge is 0.422 e. The third-order valence-electron chi connectivity index (χ3n) is 0.879. The standard InChI is InChI=1S/C6H4F6S/c1-3(5(7,8)9)13-4(2)6(10,11)12/h1-2H2. The average Bonchev–Trinajstić information content (AvgIpc) is 1.82. The molecule has 0 amide bonds. The lowest BCUT2D eigenvalue weighted by Crippen LogP contribution is -2.13. The first kappa shape index (κ1) is 12.4.